The summed E-state index contributed by atoms with van der Waals surface area (Å²) >= 11 is 6.33. The minimum Gasteiger partial charge on any atom is -0.471 e. The predicted octanol–water partition coefficient (Wildman–Crippen LogP) is 2.00. The summed E-state index contributed by atoms with van der Waals surface area (Å²) in [6.07, 6.45) is 5.06. The van der Waals surface area contributed by atoms with Gasteiger partial charge in [0.1, 0.15) is 18.4 Å². The van der Waals surface area contributed by atoms with Crippen molar-refractivity contribution in [3.05, 3.63) is 40.9 Å². The number of nitrogens with zero attached hydrogens (tertiary/aromatic N) is 4. The maximum Gasteiger partial charge on any atom is 0.182 e. The lowest BCUT2D eigenvalue weighted by atomic mass is 10.0. The summed E-state index contributed by atoms with van der Waals surface area (Å²) in [7, 11) is 2.13. The molecule has 1 aliphatic rings. The molecule has 0 unspecified atom stereocenters. The van der Waals surface area contributed by atoms with Crippen LogP contribution in [0.3, 0.4) is 0 Å². The molecule has 5 nitrogen and oxygen atoms in total. The lowest BCUT2D eigenvalue weighted by Gasteiger charge is -2.14. The van der Waals surface area contributed by atoms with Crippen molar-refractivity contribution >= 4 is 11.6 Å². The van der Waals surface area contributed by atoms with Crippen molar-refractivity contribution in [2.45, 2.75) is 19.6 Å². The Morgan fingerprint density at radius 2 is 2.05 bits per heavy atom. The van der Waals surface area contributed by atoms with Crippen molar-refractivity contribution in [2.24, 2.45) is 0 Å². The summed E-state index contributed by atoms with van der Waals surface area (Å²) in [6.45, 7) is 2.41. The average Bonchev–Trinajstić information content (AvgIpc) is 2.88. The second-order valence-electron chi connectivity index (χ2n) is 5.01. The highest BCUT2D eigenvalue weighted by atomic mass is 35.5. The third-order valence-corrected chi connectivity index (χ3v) is 3.99. The molecule has 1 aromatic carbocycles. The molecule has 2 heterocycles. The first kappa shape index (κ1) is 13.4. The minimum absolute atomic E-state index is 0.365. The van der Waals surface area contributed by atoms with E-state index in [1.54, 1.807) is 11.0 Å². The Kier molecular flexibility index (Phi) is 3.89. The number of fused-ring (bicyclic) bond motifs is 1. The fourth-order valence-electron chi connectivity index (χ4n) is 2.47. The third-order valence-electron chi connectivity index (χ3n) is 3.64. The first-order valence-corrected chi connectivity index (χ1v) is 7.06. The molecule has 0 bridgehead atoms. The molecule has 6 heteroatoms. The van der Waals surface area contributed by atoms with Crippen LogP contribution in [-0.4, -0.2) is 39.8 Å². The zero-order chi connectivity index (χ0) is 13.9. The first-order valence-electron chi connectivity index (χ1n) is 6.68. The van der Waals surface area contributed by atoms with Gasteiger partial charge in [-0.2, -0.15) is 5.10 Å². The molecule has 1 aliphatic heterocycles. The molecular weight excluding hydrogens is 276 g/mol. The van der Waals surface area contributed by atoms with Gasteiger partial charge in [0, 0.05) is 23.7 Å². The Morgan fingerprint density at radius 3 is 2.80 bits per heavy atom. The van der Waals surface area contributed by atoms with Crippen LogP contribution in [0.1, 0.15) is 11.1 Å². The second kappa shape index (κ2) is 5.81. The quantitative estimate of drug-likeness (QED) is 0.868. The molecule has 3 rings (SSSR count). The van der Waals surface area contributed by atoms with Crippen molar-refractivity contribution in [3.63, 3.8) is 0 Å². The van der Waals surface area contributed by atoms with Crippen molar-refractivity contribution in [2.75, 3.05) is 20.1 Å². The molecule has 0 N–H and O–H groups in total. The highest BCUT2D eigenvalue weighted by molar-refractivity contribution is 6.31. The van der Waals surface area contributed by atoms with E-state index in [0.29, 0.717) is 6.73 Å². The van der Waals surface area contributed by atoms with E-state index in [4.69, 9.17) is 16.3 Å². The zero-order valence-electron chi connectivity index (χ0n) is 11.4. The molecule has 0 spiro atoms. The Balaban J connectivity index is 1.84. The van der Waals surface area contributed by atoms with E-state index in [0.717, 1.165) is 36.7 Å². The highest BCUT2D eigenvalue weighted by Gasteiger charge is 2.18. The van der Waals surface area contributed by atoms with Gasteiger partial charge in [-0.05, 0) is 37.6 Å². The van der Waals surface area contributed by atoms with E-state index in [1.807, 2.05) is 12.1 Å². The second-order valence-corrected chi connectivity index (χ2v) is 5.42. The molecule has 0 fully saturated rings. The lowest BCUT2D eigenvalue weighted by molar-refractivity contribution is 0.218. The van der Waals surface area contributed by atoms with Crippen molar-refractivity contribution in [1.29, 1.82) is 0 Å². The number of halogens is 1. The maximum atomic E-state index is 6.33. The van der Waals surface area contributed by atoms with E-state index in [1.165, 1.54) is 17.5 Å². The van der Waals surface area contributed by atoms with Crippen molar-refractivity contribution in [1.82, 2.24) is 19.7 Å². The van der Waals surface area contributed by atoms with Crippen molar-refractivity contribution in [3.8, 4) is 5.75 Å². The van der Waals surface area contributed by atoms with Gasteiger partial charge in [-0.25, -0.2) is 9.67 Å². The number of aromatic nitrogens is 3. The van der Waals surface area contributed by atoms with Gasteiger partial charge in [0.2, 0.25) is 0 Å². The van der Waals surface area contributed by atoms with E-state index in [-0.39, 0.29) is 0 Å². The van der Waals surface area contributed by atoms with Crippen LogP contribution in [-0.2, 0) is 19.6 Å². The van der Waals surface area contributed by atoms with E-state index in [9.17, 15) is 0 Å². The monoisotopic (exact) mass is 292 g/mol. The van der Waals surface area contributed by atoms with Crippen LogP contribution in [0.4, 0.5) is 0 Å². The third kappa shape index (κ3) is 2.78. The molecule has 0 aliphatic carbocycles. The Hall–Kier alpha value is -1.59. The minimum atomic E-state index is 0.365. The zero-order valence-corrected chi connectivity index (χ0v) is 12.2. The summed E-state index contributed by atoms with van der Waals surface area (Å²) in [5, 5.41) is 4.87. The van der Waals surface area contributed by atoms with Crippen LogP contribution in [0.15, 0.2) is 24.8 Å². The Labute approximate surface area is 123 Å². The summed E-state index contributed by atoms with van der Waals surface area (Å²) in [4.78, 5) is 6.22. The molecule has 0 atom stereocenters. The summed E-state index contributed by atoms with van der Waals surface area (Å²) < 4.78 is 7.53. The molecule has 1 aromatic heterocycles. The topological polar surface area (TPSA) is 43.2 Å². The lowest BCUT2D eigenvalue weighted by Crippen LogP contribution is -2.20. The van der Waals surface area contributed by atoms with E-state index < -0.39 is 0 Å². The number of benzene rings is 1. The van der Waals surface area contributed by atoms with Gasteiger partial charge in [-0.3, -0.25) is 0 Å². The van der Waals surface area contributed by atoms with E-state index >= 15 is 0 Å². The highest BCUT2D eigenvalue weighted by Crippen LogP contribution is 2.31. The largest absolute Gasteiger partial charge is 0.471 e. The molecule has 20 heavy (non-hydrogen) atoms. The Morgan fingerprint density at radius 1 is 1.25 bits per heavy atom. The molecule has 0 amide bonds. The fourth-order valence-corrected chi connectivity index (χ4v) is 2.75. The first-order chi connectivity index (χ1) is 9.74. The summed E-state index contributed by atoms with van der Waals surface area (Å²) in [5.41, 5.74) is 2.44. The van der Waals surface area contributed by atoms with Crippen molar-refractivity contribution < 1.29 is 4.74 Å². The smallest absolute Gasteiger partial charge is 0.182 e. The number of hydrogen-bond acceptors (Lipinski definition) is 4. The molecule has 106 valence electrons. The number of likely N-dealkylation sites (N-methyl/N-ethyl adjacent to an activating group) is 1. The summed E-state index contributed by atoms with van der Waals surface area (Å²) in [5.74, 6) is 0.898. The van der Waals surface area contributed by atoms with Gasteiger partial charge >= 0.3 is 0 Å². The number of ether oxygens (including phenoxy) is 1. The van der Waals surface area contributed by atoms with Crippen LogP contribution in [0.2, 0.25) is 5.02 Å². The van der Waals surface area contributed by atoms with E-state index in [2.05, 4.69) is 22.0 Å². The van der Waals surface area contributed by atoms with Gasteiger partial charge in [-0.1, -0.05) is 11.6 Å². The van der Waals surface area contributed by atoms with Crippen LogP contribution >= 0.6 is 11.6 Å². The number of rotatable bonds is 3. The van der Waals surface area contributed by atoms with Crippen LogP contribution in [0, 0.1) is 0 Å². The van der Waals surface area contributed by atoms with Crippen LogP contribution < -0.4 is 4.74 Å². The summed E-state index contributed by atoms with van der Waals surface area (Å²) in [6, 6.07) is 3.87. The number of hydrogen-bond donors (Lipinski definition) is 0. The van der Waals surface area contributed by atoms with Gasteiger partial charge in [0.05, 0.1) is 0 Å². The standard InChI is InChI=1S/C14H17ClN4O/c1-18-6-4-11-12(5-7-18)14(3-2-13(11)15)20-10-19-9-16-8-17-19/h2-3,8-9H,4-7,10H2,1H3. The molecule has 0 saturated carbocycles. The normalized spacial score (nSPS) is 15.7. The molecule has 0 saturated heterocycles. The maximum absolute atomic E-state index is 6.33. The van der Waals surface area contributed by atoms with Gasteiger partial charge in [0.15, 0.2) is 6.73 Å². The van der Waals surface area contributed by atoms with Gasteiger partial charge in [-0.15, -0.1) is 0 Å². The molecular formula is C14H17ClN4O. The predicted molar refractivity (Wildman–Crippen MR) is 77.0 cm³/mol. The van der Waals surface area contributed by atoms with Gasteiger partial charge in [0.25, 0.3) is 0 Å². The molecule has 2 aromatic rings. The van der Waals surface area contributed by atoms with Gasteiger partial charge < -0.3 is 9.64 Å². The average molecular weight is 293 g/mol. The fraction of sp³-hybridized carbons (Fsp3) is 0.429. The Bertz CT molecular complexity index is 585. The van der Waals surface area contributed by atoms with Crippen LogP contribution in [0.25, 0.3) is 0 Å². The molecule has 0 radical (unpaired) electrons. The SMILES string of the molecule is CN1CCc2c(Cl)ccc(OCn3cncn3)c2CC1. The van der Waals surface area contributed by atoms with Crippen LogP contribution in [0.5, 0.6) is 5.75 Å².